The summed E-state index contributed by atoms with van der Waals surface area (Å²) in [7, 11) is 0. The maximum absolute atomic E-state index is 5.93. The highest BCUT2D eigenvalue weighted by atomic mass is 32.1. The Morgan fingerprint density at radius 2 is 1.92 bits per heavy atom. The molecule has 2 N–H and O–H groups in total. The first-order valence-electron chi connectivity index (χ1n) is 9.12. The summed E-state index contributed by atoms with van der Waals surface area (Å²) in [4.78, 5) is 4.53. The van der Waals surface area contributed by atoms with Gasteiger partial charge in [-0.1, -0.05) is 48.4 Å². The van der Waals surface area contributed by atoms with Gasteiger partial charge in [-0.15, -0.1) is 0 Å². The SMILES string of the molecule is NCCC(Cc1ccc(Oc2nc3ccccc3s2)cc1)CC1CC1. The maximum atomic E-state index is 5.93. The van der Waals surface area contributed by atoms with E-state index in [9.17, 15) is 0 Å². The zero-order valence-corrected chi connectivity index (χ0v) is 15.2. The van der Waals surface area contributed by atoms with Crippen LogP contribution in [0.25, 0.3) is 10.2 Å². The summed E-state index contributed by atoms with van der Waals surface area (Å²) in [5.74, 6) is 2.52. The van der Waals surface area contributed by atoms with E-state index in [1.54, 1.807) is 11.3 Å². The average Bonchev–Trinajstić information content (AvgIpc) is 3.33. The Hall–Kier alpha value is -1.91. The largest absolute Gasteiger partial charge is 0.431 e. The van der Waals surface area contributed by atoms with Gasteiger partial charge in [0, 0.05) is 0 Å². The van der Waals surface area contributed by atoms with Crippen molar-refractivity contribution in [1.82, 2.24) is 4.98 Å². The highest BCUT2D eigenvalue weighted by Crippen LogP contribution is 2.37. The molecule has 4 heteroatoms. The van der Waals surface area contributed by atoms with Crippen molar-refractivity contribution in [1.29, 1.82) is 0 Å². The van der Waals surface area contributed by atoms with E-state index in [0.29, 0.717) is 11.1 Å². The number of nitrogens with two attached hydrogens (primary N) is 1. The Morgan fingerprint density at radius 1 is 1.12 bits per heavy atom. The fraction of sp³-hybridized carbons (Fsp3) is 0.381. The first kappa shape index (κ1) is 16.6. The van der Waals surface area contributed by atoms with Crippen LogP contribution >= 0.6 is 11.3 Å². The van der Waals surface area contributed by atoms with Crippen LogP contribution < -0.4 is 10.5 Å². The van der Waals surface area contributed by atoms with Crippen molar-refractivity contribution in [3.05, 3.63) is 54.1 Å². The van der Waals surface area contributed by atoms with Gasteiger partial charge in [0.2, 0.25) is 0 Å². The molecular formula is C21H24N2OS. The number of aromatic nitrogens is 1. The Morgan fingerprint density at radius 3 is 2.64 bits per heavy atom. The quantitative estimate of drug-likeness (QED) is 0.591. The van der Waals surface area contributed by atoms with Gasteiger partial charge >= 0.3 is 0 Å². The van der Waals surface area contributed by atoms with Gasteiger partial charge < -0.3 is 10.5 Å². The highest BCUT2D eigenvalue weighted by molar-refractivity contribution is 7.20. The van der Waals surface area contributed by atoms with Crippen molar-refractivity contribution in [2.24, 2.45) is 17.6 Å². The monoisotopic (exact) mass is 352 g/mol. The molecule has 0 radical (unpaired) electrons. The molecule has 1 unspecified atom stereocenters. The molecule has 1 aliphatic rings. The predicted molar refractivity (Wildman–Crippen MR) is 104 cm³/mol. The van der Waals surface area contributed by atoms with Crippen LogP contribution in [0, 0.1) is 11.8 Å². The van der Waals surface area contributed by atoms with Crippen molar-refractivity contribution in [2.75, 3.05) is 6.54 Å². The van der Waals surface area contributed by atoms with Crippen LogP contribution in [0.2, 0.25) is 0 Å². The number of rotatable bonds is 8. The fourth-order valence-corrected chi connectivity index (χ4v) is 4.22. The van der Waals surface area contributed by atoms with E-state index < -0.39 is 0 Å². The summed E-state index contributed by atoms with van der Waals surface area (Å²) >= 11 is 1.58. The fourth-order valence-electron chi connectivity index (χ4n) is 3.39. The molecular weight excluding hydrogens is 328 g/mol. The lowest BCUT2D eigenvalue weighted by atomic mass is 9.91. The summed E-state index contributed by atoms with van der Waals surface area (Å²) in [5.41, 5.74) is 8.16. The Bertz CT molecular complexity index is 790. The molecule has 3 aromatic rings. The molecule has 1 atom stereocenters. The van der Waals surface area contributed by atoms with Crippen molar-refractivity contribution >= 4 is 21.6 Å². The number of benzene rings is 2. The highest BCUT2D eigenvalue weighted by Gasteiger charge is 2.25. The van der Waals surface area contributed by atoms with Crippen LogP contribution in [0.3, 0.4) is 0 Å². The first-order chi connectivity index (χ1) is 12.3. The minimum absolute atomic E-state index is 0.698. The lowest BCUT2D eigenvalue weighted by Crippen LogP contribution is -2.12. The van der Waals surface area contributed by atoms with Gasteiger partial charge in [-0.3, -0.25) is 0 Å². The van der Waals surface area contributed by atoms with Gasteiger partial charge in [0.05, 0.1) is 10.2 Å². The molecule has 25 heavy (non-hydrogen) atoms. The third kappa shape index (κ3) is 4.39. The van der Waals surface area contributed by atoms with Crippen LogP contribution in [0.4, 0.5) is 0 Å². The molecule has 1 heterocycles. The number of ether oxygens (including phenoxy) is 1. The normalized spacial score (nSPS) is 15.4. The lowest BCUT2D eigenvalue weighted by molar-refractivity contribution is 0.428. The molecule has 130 valence electrons. The standard InChI is InChI=1S/C21H24N2OS/c22-12-11-17(13-15-5-6-15)14-16-7-9-18(10-8-16)24-21-23-19-3-1-2-4-20(19)25-21/h1-4,7-10,15,17H,5-6,11-14,22H2. The first-order valence-corrected chi connectivity index (χ1v) is 9.94. The zero-order chi connectivity index (χ0) is 17.1. The predicted octanol–water partition coefficient (Wildman–Crippen LogP) is 5.40. The van der Waals surface area contributed by atoms with E-state index in [1.807, 2.05) is 18.2 Å². The average molecular weight is 353 g/mol. The number of nitrogens with zero attached hydrogens (tertiary/aromatic N) is 1. The number of hydrogen-bond acceptors (Lipinski definition) is 4. The number of fused-ring (bicyclic) bond motifs is 1. The molecule has 1 fully saturated rings. The Kier molecular flexibility index (Phi) is 4.99. The zero-order valence-electron chi connectivity index (χ0n) is 14.4. The van der Waals surface area contributed by atoms with Crippen LogP contribution in [0.5, 0.6) is 10.9 Å². The Balaban J connectivity index is 1.40. The van der Waals surface area contributed by atoms with Crippen molar-refractivity contribution in [3.63, 3.8) is 0 Å². The second-order valence-corrected chi connectivity index (χ2v) is 8.01. The number of hydrogen-bond donors (Lipinski definition) is 1. The van der Waals surface area contributed by atoms with Gasteiger partial charge in [0.1, 0.15) is 5.75 Å². The van der Waals surface area contributed by atoms with E-state index in [1.165, 1.54) is 24.8 Å². The molecule has 0 bridgehead atoms. The minimum Gasteiger partial charge on any atom is -0.431 e. The summed E-state index contributed by atoms with van der Waals surface area (Å²) < 4.78 is 7.08. The second-order valence-electron chi connectivity index (χ2n) is 7.02. The van der Waals surface area contributed by atoms with Gasteiger partial charge in [-0.05, 0) is 67.5 Å². The third-order valence-electron chi connectivity index (χ3n) is 4.87. The van der Waals surface area contributed by atoms with Crippen molar-refractivity contribution in [2.45, 2.75) is 32.1 Å². The second kappa shape index (κ2) is 7.54. The van der Waals surface area contributed by atoms with E-state index in [-0.39, 0.29) is 0 Å². The smallest absolute Gasteiger partial charge is 0.279 e. The molecule has 0 saturated heterocycles. The van der Waals surface area contributed by atoms with Crippen molar-refractivity contribution in [3.8, 4) is 10.9 Å². The molecule has 1 saturated carbocycles. The van der Waals surface area contributed by atoms with Crippen LogP contribution in [-0.4, -0.2) is 11.5 Å². The van der Waals surface area contributed by atoms with E-state index >= 15 is 0 Å². The topological polar surface area (TPSA) is 48.1 Å². The molecule has 1 aliphatic carbocycles. The number of thiazole rings is 1. The lowest BCUT2D eigenvalue weighted by Gasteiger charge is -2.16. The van der Waals surface area contributed by atoms with E-state index in [4.69, 9.17) is 10.5 Å². The molecule has 1 aromatic heterocycles. The minimum atomic E-state index is 0.698. The molecule has 2 aromatic carbocycles. The Labute approximate surface area is 152 Å². The number of para-hydroxylation sites is 1. The van der Waals surface area contributed by atoms with Gasteiger partial charge in [-0.2, -0.15) is 0 Å². The van der Waals surface area contributed by atoms with E-state index in [2.05, 4.69) is 35.3 Å². The maximum Gasteiger partial charge on any atom is 0.279 e. The van der Waals surface area contributed by atoms with Gasteiger partial charge in [0.15, 0.2) is 0 Å². The molecule has 0 amide bonds. The summed E-state index contributed by atoms with van der Waals surface area (Å²) in [6.07, 6.45) is 6.41. The molecule has 0 aliphatic heterocycles. The van der Waals surface area contributed by atoms with Crippen LogP contribution in [0.15, 0.2) is 48.5 Å². The van der Waals surface area contributed by atoms with E-state index in [0.717, 1.165) is 41.3 Å². The van der Waals surface area contributed by atoms with Gasteiger partial charge in [0.25, 0.3) is 5.19 Å². The summed E-state index contributed by atoms with van der Waals surface area (Å²) in [6, 6.07) is 16.6. The molecule has 3 nitrogen and oxygen atoms in total. The van der Waals surface area contributed by atoms with Crippen LogP contribution in [-0.2, 0) is 6.42 Å². The van der Waals surface area contributed by atoms with Crippen molar-refractivity contribution < 1.29 is 4.74 Å². The molecule has 4 rings (SSSR count). The summed E-state index contributed by atoms with van der Waals surface area (Å²) in [6.45, 7) is 0.788. The van der Waals surface area contributed by atoms with Crippen LogP contribution in [0.1, 0.15) is 31.2 Å². The molecule has 0 spiro atoms. The summed E-state index contributed by atoms with van der Waals surface area (Å²) in [5, 5.41) is 0.698. The van der Waals surface area contributed by atoms with Gasteiger partial charge in [-0.25, -0.2) is 4.98 Å². The third-order valence-corrected chi connectivity index (χ3v) is 5.78.